The first-order valence-corrected chi connectivity index (χ1v) is 16.5. The Labute approximate surface area is 291 Å². The first kappa shape index (κ1) is 34.5. The predicted octanol–water partition coefficient (Wildman–Crippen LogP) is 0.279. The van der Waals surface area contributed by atoms with Crippen LogP contribution < -0.4 is 9.64 Å². The number of aliphatic carboxylic acids is 1. The predicted molar refractivity (Wildman–Crippen MR) is 176 cm³/mol. The number of aliphatic hydroxyl groups is 5. The van der Waals surface area contributed by atoms with Crippen molar-refractivity contribution in [1.82, 2.24) is 9.97 Å². The number of hydrogen-bond acceptors (Lipinski definition) is 12. The number of ether oxygens (including phenoxy) is 2. The molecule has 0 radical (unpaired) electrons. The van der Waals surface area contributed by atoms with E-state index in [1.54, 1.807) is 18.3 Å². The van der Waals surface area contributed by atoms with Gasteiger partial charge in [-0.05, 0) is 41.8 Å². The number of H-pyrrole nitrogens is 1. The Hall–Kier alpha value is -4.95. The molecule has 2 bridgehead atoms. The third kappa shape index (κ3) is 5.70. The number of nitrogens with zero attached hydrogens (tertiary/aromatic N) is 2. The van der Waals surface area contributed by atoms with Crippen LogP contribution in [-0.2, 0) is 27.2 Å². The molecule has 4 aliphatic rings. The smallest absolute Gasteiger partial charge is 0.330 e. The van der Waals surface area contributed by atoms with Crippen molar-refractivity contribution < 1.29 is 59.9 Å². The van der Waals surface area contributed by atoms with E-state index < -0.39 is 78.4 Å². The van der Waals surface area contributed by atoms with Crippen molar-refractivity contribution in [2.24, 2.45) is 5.92 Å². The Kier molecular flexibility index (Phi) is 8.78. The van der Waals surface area contributed by atoms with Gasteiger partial charge in [-0.1, -0.05) is 12.0 Å². The number of nitrogens with one attached hydrogen (secondary N) is 1. The number of phenolic OH excluding ortho intramolecular Hbond substituents is 2. The largest absolute Gasteiger partial charge is 0.508 e. The Morgan fingerprint density at radius 3 is 2.59 bits per heavy atom. The molecular weight excluding hydrogens is 666 g/mol. The van der Waals surface area contributed by atoms with Crippen LogP contribution in [0.15, 0.2) is 42.9 Å². The number of imidazole rings is 1. The number of fused-ring (bicyclic) bond motifs is 1. The van der Waals surface area contributed by atoms with Gasteiger partial charge in [0, 0.05) is 66.6 Å². The molecule has 1 aromatic heterocycles. The number of hydrogen-bond donors (Lipinski definition) is 9. The molecule has 1 saturated heterocycles. The van der Waals surface area contributed by atoms with Gasteiger partial charge in [-0.15, -0.1) is 5.92 Å². The number of carboxylic acids is 1. The Balaban J connectivity index is 1.35. The molecule has 4 aliphatic heterocycles. The fourth-order valence-corrected chi connectivity index (χ4v) is 7.82. The number of benzene rings is 2. The summed E-state index contributed by atoms with van der Waals surface area (Å²) in [4.78, 5) is 35.9. The van der Waals surface area contributed by atoms with Crippen LogP contribution in [0.5, 0.6) is 17.2 Å². The summed E-state index contributed by atoms with van der Waals surface area (Å²) in [5.41, 5.74) is 0.609. The van der Waals surface area contributed by atoms with Crippen molar-refractivity contribution in [2.75, 3.05) is 18.1 Å². The molecule has 5 heterocycles. The second-order valence-electron chi connectivity index (χ2n) is 13.5. The number of anilines is 1. The molecule has 0 saturated carbocycles. The zero-order valence-electron chi connectivity index (χ0n) is 27.1. The van der Waals surface area contributed by atoms with Gasteiger partial charge in [0.1, 0.15) is 30.2 Å². The fourth-order valence-electron chi connectivity index (χ4n) is 7.82. The van der Waals surface area contributed by atoms with Gasteiger partial charge in [-0.2, -0.15) is 0 Å². The normalized spacial score (nSPS) is 30.9. The van der Waals surface area contributed by atoms with E-state index >= 15 is 0 Å². The first-order valence-electron chi connectivity index (χ1n) is 16.5. The highest BCUT2D eigenvalue weighted by molar-refractivity contribution is 6.12. The average molecular weight is 704 g/mol. The lowest BCUT2D eigenvalue weighted by atomic mass is 9.78. The van der Waals surface area contributed by atoms with Gasteiger partial charge in [0.25, 0.3) is 5.91 Å². The van der Waals surface area contributed by atoms with Crippen molar-refractivity contribution in [2.45, 2.75) is 73.8 Å². The van der Waals surface area contributed by atoms with Gasteiger partial charge in [-0.25, -0.2) is 9.78 Å². The number of carbonyl (C=O) groups excluding carboxylic acids is 1. The molecule has 8 atom stereocenters. The first-order chi connectivity index (χ1) is 24.4. The number of aromatic hydroxyl groups is 2. The number of aromatic nitrogens is 2. The molecule has 2 aromatic carbocycles. The van der Waals surface area contributed by atoms with E-state index in [9.17, 15) is 50.4 Å². The van der Waals surface area contributed by atoms with E-state index in [0.29, 0.717) is 23.1 Å². The van der Waals surface area contributed by atoms with Gasteiger partial charge in [-0.3, -0.25) is 9.69 Å². The fraction of sp³-hybridized carbons (Fsp3) is 0.417. The van der Waals surface area contributed by atoms with Crippen LogP contribution in [0.3, 0.4) is 0 Å². The van der Waals surface area contributed by atoms with E-state index in [-0.39, 0.29) is 48.4 Å². The lowest BCUT2D eigenvalue weighted by Crippen LogP contribution is -2.68. The molecule has 9 N–H and O–H groups in total. The van der Waals surface area contributed by atoms with Gasteiger partial charge in [0.05, 0.1) is 25.2 Å². The molecule has 268 valence electrons. The van der Waals surface area contributed by atoms with Crippen LogP contribution in [-0.4, -0.2) is 112 Å². The van der Waals surface area contributed by atoms with Gasteiger partial charge in [0.15, 0.2) is 17.0 Å². The second kappa shape index (κ2) is 13.0. The minimum absolute atomic E-state index is 0.0214. The van der Waals surface area contributed by atoms with E-state index in [1.165, 1.54) is 30.6 Å². The number of rotatable bonds is 7. The van der Waals surface area contributed by atoms with Crippen LogP contribution >= 0.6 is 0 Å². The van der Waals surface area contributed by atoms with E-state index in [2.05, 4.69) is 21.8 Å². The summed E-state index contributed by atoms with van der Waals surface area (Å²) >= 11 is 0. The third-order valence-corrected chi connectivity index (χ3v) is 10.3. The van der Waals surface area contributed by atoms with Gasteiger partial charge >= 0.3 is 5.97 Å². The lowest BCUT2D eigenvalue weighted by Gasteiger charge is -2.51. The Morgan fingerprint density at radius 2 is 1.88 bits per heavy atom. The highest BCUT2D eigenvalue weighted by Gasteiger charge is 2.61. The summed E-state index contributed by atoms with van der Waals surface area (Å²) < 4.78 is 12.1. The minimum atomic E-state index is -2.08. The van der Waals surface area contributed by atoms with Gasteiger partial charge in [0.2, 0.25) is 5.79 Å². The maximum atomic E-state index is 14.4. The molecular formula is C36H37N3O12. The maximum absolute atomic E-state index is 14.4. The van der Waals surface area contributed by atoms with Crippen molar-refractivity contribution in [3.05, 3.63) is 70.8 Å². The standard InChI is InChI=1S/C36H37N3O12/c40-15-19-2-1-3-20-13-36(33(47)31(46)30(45)26(16-41)50-36)51-32-25(43)10-22-12-35(11-19,34(48)49)39(29(22)28(20)32)27(44)7-5-18-4-6-24(42)21(8-18)9-23-14-37-17-38-23/h4-8,10,14,17,19-20,26,30-31,33,40-43,45-47H,3,9,11-13,15-16H2,(H,37,38)(H,48,49). The van der Waals surface area contributed by atoms with E-state index in [4.69, 9.17) is 9.47 Å². The van der Waals surface area contributed by atoms with Crippen LogP contribution in [0.2, 0.25) is 0 Å². The quantitative estimate of drug-likeness (QED) is 0.119. The van der Waals surface area contributed by atoms with Crippen LogP contribution in [0.25, 0.3) is 6.08 Å². The summed E-state index contributed by atoms with van der Waals surface area (Å²) in [7, 11) is 0. The minimum Gasteiger partial charge on any atom is -0.508 e. The van der Waals surface area contributed by atoms with Crippen molar-refractivity contribution in [3.8, 4) is 29.1 Å². The van der Waals surface area contributed by atoms with Gasteiger partial charge < -0.3 is 55.3 Å². The molecule has 15 heteroatoms. The molecule has 1 fully saturated rings. The monoisotopic (exact) mass is 703 g/mol. The molecule has 1 spiro atoms. The summed E-state index contributed by atoms with van der Waals surface area (Å²) in [5.74, 6) is -0.573. The number of phenols is 2. The highest BCUT2D eigenvalue weighted by atomic mass is 16.7. The molecule has 7 rings (SSSR count). The SMILES string of the molecule is O=C(C=Cc1ccc(O)c(Cc2cnc[nH]2)c1)N1c2c3cc(O)c4c2C(CC#CC(CO)CC1(C(=O)O)C3)CC1(O4)OC(CO)C(O)C(O)C1O. The number of carboxylic acid groups (broad SMARTS) is 1. The topological polar surface area (TPSA) is 246 Å². The molecule has 8 unspecified atom stereocenters. The molecule has 0 aliphatic carbocycles. The Morgan fingerprint density at radius 1 is 1.08 bits per heavy atom. The second-order valence-corrected chi connectivity index (χ2v) is 13.5. The average Bonchev–Trinajstić information content (AvgIpc) is 3.74. The van der Waals surface area contributed by atoms with E-state index in [0.717, 1.165) is 10.6 Å². The molecule has 1 amide bonds. The number of aromatic amines is 1. The summed E-state index contributed by atoms with van der Waals surface area (Å²) in [6.07, 6.45) is -1.22. The summed E-state index contributed by atoms with van der Waals surface area (Å²) in [5, 5.41) is 85.3. The van der Waals surface area contributed by atoms with Crippen LogP contribution in [0.1, 0.15) is 53.1 Å². The zero-order valence-corrected chi connectivity index (χ0v) is 27.1. The summed E-state index contributed by atoms with van der Waals surface area (Å²) in [6.45, 7) is -1.24. The number of amides is 1. The van der Waals surface area contributed by atoms with Crippen molar-refractivity contribution >= 4 is 23.6 Å². The van der Waals surface area contributed by atoms with Crippen molar-refractivity contribution in [1.29, 1.82) is 0 Å². The van der Waals surface area contributed by atoms with Crippen LogP contribution in [0.4, 0.5) is 5.69 Å². The molecule has 51 heavy (non-hydrogen) atoms. The third-order valence-electron chi connectivity index (χ3n) is 10.3. The Bertz CT molecular complexity index is 1950. The summed E-state index contributed by atoms with van der Waals surface area (Å²) in [6, 6.07) is 6.03. The maximum Gasteiger partial charge on any atom is 0.330 e. The van der Waals surface area contributed by atoms with Crippen LogP contribution in [0, 0.1) is 17.8 Å². The molecule has 15 nitrogen and oxygen atoms in total. The lowest BCUT2D eigenvalue weighted by molar-refractivity contribution is -0.344. The molecule has 3 aromatic rings. The highest BCUT2D eigenvalue weighted by Crippen LogP contribution is 2.58. The van der Waals surface area contributed by atoms with Crippen molar-refractivity contribution in [3.63, 3.8) is 0 Å². The van der Waals surface area contributed by atoms with E-state index in [1.807, 2.05) is 0 Å². The zero-order chi connectivity index (χ0) is 36.2. The number of aliphatic hydroxyl groups excluding tert-OH is 5. The number of carbonyl (C=O) groups is 2.